The van der Waals surface area contributed by atoms with Gasteiger partial charge in [-0.1, -0.05) is 48.5 Å². The van der Waals surface area contributed by atoms with E-state index in [2.05, 4.69) is 11.2 Å². The fraction of sp³-hybridized carbons (Fsp3) is 0.0952. The summed E-state index contributed by atoms with van der Waals surface area (Å²) in [6, 6.07) is 25.7. The molecule has 0 fully saturated rings. The highest BCUT2D eigenvalue weighted by Crippen LogP contribution is 2.43. The largest absolute Gasteiger partial charge is 0.296 e. The van der Waals surface area contributed by atoms with Crippen molar-refractivity contribution < 1.29 is 9.49 Å². The molecule has 0 aliphatic heterocycles. The summed E-state index contributed by atoms with van der Waals surface area (Å²) >= 11 is 0. The SMILES string of the molecule is CC(C#N)(NP(=O)(c1ccccc1)c1ccccc1)c1cccc([N+](=O)[O-])c1. The number of nitro groups is 1. The number of non-ortho nitro benzene ring substituents is 1. The van der Waals surface area contributed by atoms with Crippen LogP contribution in [0.1, 0.15) is 12.5 Å². The summed E-state index contributed by atoms with van der Waals surface area (Å²) in [7, 11) is -3.41. The molecule has 1 atom stereocenters. The molecule has 0 saturated heterocycles. The van der Waals surface area contributed by atoms with E-state index in [4.69, 9.17) is 0 Å². The van der Waals surface area contributed by atoms with Crippen LogP contribution in [0.3, 0.4) is 0 Å². The van der Waals surface area contributed by atoms with Crippen LogP contribution in [0.5, 0.6) is 0 Å². The van der Waals surface area contributed by atoms with Gasteiger partial charge in [-0.15, -0.1) is 0 Å². The number of benzene rings is 3. The summed E-state index contributed by atoms with van der Waals surface area (Å²) in [6.07, 6.45) is 0. The van der Waals surface area contributed by atoms with Crippen LogP contribution in [0.2, 0.25) is 0 Å². The van der Waals surface area contributed by atoms with Crippen LogP contribution in [-0.2, 0) is 10.1 Å². The molecule has 6 nitrogen and oxygen atoms in total. The van der Waals surface area contributed by atoms with Crippen LogP contribution >= 0.6 is 7.29 Å². The van der Waals surface area contributed by atoms with Gasteiger partial charge in [0.15, 0.2) is 0 Å². The quantitative estimate of drug-likeness (QED) is 0.391. The van der Waals surface area contributed by atoms with E-state index in [0.29, 0.717) is 16.2 Å². The van der Waals surface area contributed by atoms with Crippen molar-refractivity contribution in [1.82, 2.24) is 5.09 Å². The summed E-state index contributed by atoms with van der Waals surface area (Å²) in [5, 5.41) is 25.2. The second-order valence-corrected chi connectivity index (χ2v) is 8.91. The molecule has 7 heteroatoms. The highest BCUT2D eigenvalue weighted by molar-refractivity contribution is 7.77. The Labute approximate surface area is 163 Å². The molecule has 3 aromatic carbocycles. The molecule has 28 heavy (non-hydrogen) atoms. The third-order valence-electron chi connectivity index (χ3n) is 4.48. The first kappa shape index (κ1) is 19.5. The molecule has 0 aliphatic rings. The van der Waals surface area contributed by atoms with Crippen molar-refractivity contribution in [2.24, 2.45) is 0 Å². The van der Waals surface area contributed by atoms with E-state index < -0.39 is 17.8 Å². The molecule has 0 bridgehead atoms. The smallest absolute Gasteiger partial charge is 0.269 e. The van der Waals surface area contributed by atoms with Gasteiger partial charge >= 0.3 is 0 Å². The molecule has 0 saturated carbocycles. The number of nitrogens with one attached hydrogen (secondary N) is 1. The lowest BCUT2D eigenvalue weighted by atomic mass is 9.95. The Kier molecular flexibility index (Phi) is 5.41. The molecule has 140 valence electrons. The Hall–Kier alpha value is -3.26. The molecular weight excluding hydrogens is 373 g/mol. The van der Waals surface area contributed by atoms with Gasteiger partial charge < -0.3 is 0 Å². The third kappa shape index (κ3) is 3.72. The van der Waals surface area contributed by atoms with E-state index in [9.17, 15) is 19.9 Å². The van der Waals surface area contributed by atoms with Crippen LogP contribution in [0.15, 0.2) is 84.9 Å². The van der Waals surface area contributed by atoms with E-state index in [-0.39, 0.29) is 5.69 Å². The van der Waals surface area contributed by atoms with E-state index in [0.717, 1.165) is 0 Å². The first-order chi connectivity index (χ1) is 13.4. The normalized spacial score (nSPS) is 13.3. The molecule has 0 amide bonds. The maximum Gasteiger partial charge on any atom is 0.269 e. The van der Waals surface area contributed by atoms with E-state index in [1.54, 1.807) is 61.5 Å². The minimum Gasteiger partial charge on any atom is -0.296 e. The summed E-state index contributed by atoms with van der Waals surface area (Å²) < 4.78 is 14.2. The number of nitro benzene ring substituents is 1. The lowest BCUT2D eigenvalue weighted by Crippen LogP contribution is -2.41. The Balaban J connectivity index is 2.14. The molecule has 1 unspecified atom stereocenters. The van der Waals surface area contributed by atoms with Crippen molar-refractivity contribution in [1.29, 1.82) is 5.26 Å². The lowest BCUT2D eigenvalue weighted by Gasteiger charge is -2.30. The van der Waals surface area contributed by atoms with Crippen LogP contribution in [0, 0.1) is 21.4 Å². The zero-order chi connectivity index (χ0) is 20.2. The van der Waals surface area contributed by atoms with Gasteiger partial charge in [-0.05, 0) is 36.8 Å². The summed E-state index contributed by atoms with van der Waals surface area (Å²) in [5.74, 6) is 0. The van der Waals surface area contributed by atoms with Gasteiger partial charge in [0.05, 0.1) is 11.0 Å². The van der Waals surface area contributed by atoms with Crippen LogP contribution in [0.25, 0.3) is 0 Å². The average molecular weight is 391 g/mol. The number of hydrogen-bond acceptors (Lipinski definition) is 4. The second kappa shape index (κ2) is 7.77. The van der Waals surface area contributed by atoms with Gasteiger partial charge in [0.25, 0.3) is 5.69 Å². The minimum atomic E-state index is -3.41. The first-order valence-corrected chi connectivity index (χ1v) is 10.3. The number of nitriles is 1. The summed E-state index contributed by atoms with van der Waals surface area (Å²) in [4.78, 5) is 10.6. The topological polar surface area (TPSA) is 96.0 Å². The van der Waals surface area contributed by atoms with Crippen LogP contribution in [-0.4, -0.2) is 4.92 Å². The van der Waals surface area contributed by atoms with Crippen molar-refractivity contribution in [3.63, 3.8) is 0 Å². The van der Waals surface area contributed by atoms with Crippen molar-refractivity contribution >= 4 is 23.6 Å². The highest BCUT2D eigenvalue weighted by atomic mass is 31.2. The van der Waals surface area contributed by atoms with Gasteiger partial charge in [-0.3, -0.25) is 14.7 Å². The van der Waals surface area contributed by atoms with Crippen LogP contribution in [0.4, 0.5) is 5.69 Å². The predicted octanol–water partition coefficient (Wildman–Crippen LogP) is 3.85. The Morgan fingerprint density at radius 2 is 1.50 bits per heavy atom. The van der Waals surface area contributed by atoms with Crippen molar-refractivity contribution in [3.05, 3.63) is 101 Å². The Morgan fingerprint density at radius 3 is 1.96 bits per heavy atom. The average Bonchev–Trinajstić information content (AvgIpc) is 2.75. The number of hydrogen-bond donors (Lipinski definition) is 1. The maximum atomic E-state index is 14.2. The molecule has 0 aliphatic carbocycles. The fourth-order valence-electron chi connectivity index (χ4n) is 2.95. The van der Waals surface area contributed by atoms with Gasteiger partial charge in [0, 0.05) is 22.7 Å². The molecule has 0 aromatic heterocycles. The molecular formula is C21H18N3O3P. The molecule has 0 spiro atoms. The van der Waals surface area contributed by atoms with Crippen molar-refractivity contribution in [3.8, 4) is 6.07 Å². The number of rotatable bonds is 6. The molecule has 3 rings (SSSR count). The molecule has 1 N–H and O–H groups in total. The molecule has 0 radical (unpaired) electrons. The zero-order valence-electron chi connectivity index (χ0n) is 15.1. The van der Waals surface area contributed by atoms with E-state index >= 15 is 0 Å². The van der Waals surface area contributed by atoms with Gasteiger partial charge in [0.2, 0.25) is 7.29 Å². The third-order valence-corrected chi connectivity index (χ3v) is 7.29. The second-order valence-electron chi connectivity index (χ2n) is 6.44. The first-order valence-electron chi connectivity index (χ1n) is 8.56. The standard InChI is InChI=1S/C21H18N3O3P/c1-21(16-22,17-9-8-10-18(15-17)24(25)26)23-28(27,19-11-4-2-5-12-19)20-13-6-3-7-14-20/h2-15H,1H3,(H,23,27). The maximum absolute atomic E-state index is 14.2. The highest BCUT2D eigenvalue weighted by Gasteiger charge is 2.38. The Bertz CT molecular complexity index is 1040. The lowest BCUT2D eigenvalue weighted by molar-refractivity contribution is -0.385. The fourth-order valence-corrected chi connectivity index (χ4v) is 5.50. The van der Waals surface area contributed by atoms with Gasteiger partial charge in [0.1, 0.15) is 5.54 Å². The van der Waals surface area contributed by atoms with Crippen molar-refractivity contribution in [2.75, 3.05) is 0 Å². The monoisotopic (exact) mass is 391 g/mol. The van der Waals surface area contributed by atoms with E-state index in [1.807, 2.05) is 12.1 Å². The zero-order valence-corrected chi connectivity index (χ0v) is 16.0. The number of nitrogens with zero attached hydrogens (tertiary/aromatic N) is 2. The van der Waals surface area contributed by atoms with Crippen molar-refractivity contribution in [2.45, 2.75) is 12.5 Å². The van der Waals surface area contributed by atoms with Gasteiger partial charge in [-0.2, -0.15) is 5.26 Å². The van der Waals surface area contributed by atoms with E-state index in [1.165, 1.54) is 18.2 Å². The molecule has 3 aromatic rings. The minimum absolute atomic E-state index is 0.130. The van der Waals surface area contributed by atoms with Gasteiger partial charge in [-0.25, -0.2) is 5.09 Å². The van der Waals surface area contributed by atoms with Crippen LogP contribution < -0.4 is 15.7 Å². The predicted molar refractivity (Wildman–Crippen MR) is 109 cm³/mol. The summed E-state index contributed by atoms with van der Waals surface area (Å²) in [5.41, 5.74) is -1.17. The molecule has 0 heterocycles. The Morgan fingerprint density at radius 1 is 0.964 bits per heavy atom. The summed E-state index contributed by atoms with van der Waals surface area (Å²) in [6.45, 7) is 1.57.